The van der Waals surface area contributed by atoms with E-state index in [1.54, 1.807) is 6.92 Å². The van der Waals surface area contributed by atoms with E-state index in [9.17, 15) is 17.6 Å². The van der Waals surface area contributed by atoms with Crippen LogP contribution in [0.5, 0.6) is 0 Å². The van der Waals surface area contributed by atoms with Crippen molar-refractivity contribution in [3.05, 3.63) is 17.2 Å². The number of hydrogen-bond acceptors (Lipinski definition) is 8. The highest BCUT2D eigenvalue weighted by Crippen LogP contribution is 2.43. The summed E-state index contributed by atoms with van der Waals surface area (Å²) in [6.07, 6.45) is 0. The summed E-state index contributed by atoms with van der Waals surface area (Å²) in [6, 6.07) is 0. The predicted octanol–water partition coefficient (Wildman–Crippen LogP) is 2.35. The number of halogens is 4. The Hall–Kier alpha value is -2.86. The van der Waals surface area contributed by atoms with Gasteiger partial charge in [0.1, 0.15) is 17.2 Å². The van der Waals surface area contributed by atoms with Gasteiger partial charge in [-0.2, -0.15) is 17.6 Å². The van der Waals surface area contributed by atoms with Crippen molar-refractivity contribution in [1.82, 2.24) is 35.3 Å². The van der Waals surface area contributed by atoms with Gasteiger partial charge in [0.05, 0.1) is 19.6 Å². The number of hydrogen-bond donors (Lipinski definition) is 0. The number of rotatable bonds is 3. The topological polar surface area (TPSA) is 98.6 Å². The van der Waals surface area contributed by atoms with Crippen LogP contribution < -0.4 is 4.90 Å². The normalized spacial score (nSPS) is 18.7. The third-order valence-corrected chi connectivity index (χ3v) is 4.67. The Balaban J connectivity index is 1.85. The number of aromatic nitrogens is 7. The average Bonchev–Trinajstić information content (AvgIpc) is 3.24. The first kappa shape index (κ1) is 19.5. The fourth-order valence-electron chi connectivity index (χ4n) is 2.96. The molecule has 4 rings (SSSR count). The Morgan fingerprint density at radius 2 is 1.69 bits per heavy atom. The molecule has 13 heteroatoms. The maximum Gasteiger partial charge on any atom is 0.329 e. The molecule has 0 aromatic carbocycles. The van der Waals surface area contributed by atoms with Crippen LogP contribution in [-0.4, -0.2) is 60.2 Å². The number of fused-ring (bicyclic) bond motifs is 1. The lowest BCUT2D eigenvalue weighted by Gasteiger charge is -2.21. The molecule has 1 fully saturated rings. The minimum absolute atomic E-state index is 0.0561. The van der Waals surface area contributed by atoms with E-state index >= 15 is 0 Å². The average molecular weight is 414 g/mol. The van der Waals surface area contributed by atoms with Gasteiger partial charge in [0.25, 0.3) is 0 Å². The van der Waals surface area contributed by atoms with E-state index in [2.05, 4.69) is 35.2 Å². The molecule has 0 unspecified atom stereocenters. The van der Waals surface area contributed by atoms with Crippen molar-refractivity contribution in [3.63, 3.8) is 0 Å². The Morgan fingerprint density at radius 1 is 1.03 bits per heavy atom. The van der Waals surface area contributed by atoms with E-state index in [0.29, 0.717) is 11.4 Å². The summed E-state index contributed by atoms with van der Waals surface area (Å²) in [4.78, 5) is 9.60. The first-order chi connectivity index (χ1) is 13.4. The maximum atomic E-state index is 13.8. The Labute approximate surface area is 162 Å². The summed E-state index contributed by atoms with van der Waals surface area (Å²) in [5.74, 6) is -8.16. The zero-order chi connectivity index (χ0) is 21.2. The first-order valence-electron chi connectivity index (χ1n) is 8.79. The van der Waals surface area contributed by atoms with Gasteiger partial charge in [0.2, 0.25) is 0 Å². The molecule has 9 nitrogen and oxygen atoms in total. The molecule has 0 aliphatic carbocycles. The monoisotopic (exact) mass is 414 g/mol. The van der Waals surface area contributed by atoms with Gasteiger partial charge in [0, 0.05) is 5.41 Å². The van der Waals surface area contributed by atoms with Crippen LogP contribution in [0, 0.1) is 6.92 Å². The molecule has 0 N–H and O–H groups in total. The second-order valence-corrected chi connectivity index (χ2v) is 8.10. The molecule has 1 aliphatic heterocycles. The van der Waals surface area contributed by atoms with Gasteiger partial charge in [-0.1, -0.05) is 36.3 Å². The quantitative estimate of drug-likeness (QED) is 0.603. The molecule has 1 aliphatic rings. The lowest BCUT2D eigenvalue weighted by atomic mass is 9.96. The summed E-state index contributed by atoms with van der Waals surface area (Å²) in [6.45, 7) is 4.93. The van der Waals surface area contributed by atoms with Crippen molar-refractivity contribution in [2.75, 3.05) is 18.0 Å². The van der Waals surface area contributed by atoms with Gasteiger partial charge in [0.15, 0.2) is 17.0 Å². The van der Waals surface area contributed by atoms with Crippen LogP contribution in [0.4, 0.5) is 23.4 Å². The van der Waals surface area contributed by atoms with E-state index in [1.165, 1.54) is 4.68 Å². The summed E-state index contributed by atoms with van der Waals surface area (Å²) in [5.41, 5.74) is 0.724. The molecule has 0 saturated carbocycles. The molecule has 0 bridgehead atoms. The van der Waals surface area contributed by atoms with Crippen LogP contribution in [-0.2, 0) is 12.0 Å². The second-order valence-electron chi connectivity index (χ2n) is 8.10. The molecule has 29 heavy (non-hydrogen) atoms. The van der Waals surface area contributed by atoms with Crippen LogP contribution in [0.15, 0.2) is 4.63 Å². The van der Waals surface area contributed by atoms with Gasteiger partial charge in [-0.25, -0.2) is 19.3 Å². The highest BCUT2D eigenvalue weighted by molar-refractivity contribution is 5.83. The molecule has 156 valence electrons. The van der Waals surface area contributed by atoms with Crippen molar-refractivity contribution >= 4 is 17.0 Å². The van der Waals surface area contributed by atoms with Crippen LogP contribution in [0.25, 0.3) is 11.2 Å². The molecule has 4 heterocycles. The maximum absolute atomic E-state index is 13.8. The van der Waals surface area contributed by atoms with E-state index in [-0.39, 0.29) is 29.4 Å². The van der Waals surface area contributed by atoms with Crippen molar-refractivity contribution < 1.29 is 22.2 Å². The summed E-state index contributed by atoms with van der Waals surface area (Å²) in [5, 5.41) is 15.4. The Kier molecular flexibility index (Phi) is 4.07. The van der Waals surface area contributed by atoms with Gasteiger partial charge in [-0.05, 0) is 6.92 Å². The smallest absolute Gasteiger partial charge is 0.329 e. The molecule has 0 radical (unpaired) electrons. The number of aryl methyl sites for hydroxylation is 1. The fraction of sp³-hybridized carbons (Fsp3) is 0.625. The number of nitrogens with zero attached hydrogens (tertiary/aromatic N) is 8. The Morgan fingerprint density at radius 3 is 2.24 bits per heavy atom. The van der Waals surface area contributed by atoms with Crippen molar-refractivity contribution in [1.29, 1.82) is 0 Å². The number of anilines is 1. The van der Waals surface area contributed by atoms with Gasteiger partial charge in [-0.3, -0.25) is 0 Å². The van der Waals surface area contributed by atoms with Crippen molar-refractivity contribution in [2.45, 2.75) is 51.5 Å². The largest absolute Gasteiger partial charge is 0.342 e. The molecule has 3 aromatic heterocycles. The van der Waals surface area contributed by atoms with Crippen LogP contribution in [0.3, 0.4) is 0 Å². The van der Waals surface area contributed by atoms with Crippen molar-refractivity contribution in [2.24, 2.45) is 0 Å². The SMILES string of the molecule is Cc1nonc1Cn1nnc2c(N3CC(F)(F)C(F)(F)C3)nc(C(C)(C)C)nc21. The third kappa shape index (κ3) is 3.17. The highest BCUT2D eigenvalue weighted by Gasteiger charge is 2.63. The lowest BCUT2D eigenvalue weighted by Crippen LogP contribution is -2.38. The minimum atomic E-state index is -4.17. The van der Waals surface area contributed by atoms with Crippen molar-refractivity contribution in [3.8, 4) is 0 Å². The minimum Gasteiger partial charge on any atom is -0.342 e. The molecule has 0 amide bonds. The summed E-state index contributed by atoms with van der Waals surface area (Å²) in [7, 11) is 0. The van der Waals surface area contributed by atoms with Gasteiger partial charge >= 0.3 is 11.8 Å². The predicted molar refractivity (Wildman–Crippen MR) is 92.1 cm³/mol. The van der Waals surface area contributed by atoms with E-state index in [0.717, 1.165) is 4.90 Å². The summed E-state index contributed by atoms with van der Waals surface area (Å²) >= 11 is 0. The molecular weight excluding hydrogens is 396 g/mol. The van der Waals surface area contributed by atoms with E-state index in [1.807, 2.05) is 20.8 Å². The van der Waals surface area contributed by atoms with Crippen LogP contribution in [0.2, 0.25) is 0 Å². The highest BCUT2D eigenvalue weighted by atomic mass is 19.3. The number of alkyl halides is 4. The molecule has 0 atom stereocenters. The van der Waals surface area contributed by atoms with Crippen LogP contribution >= 0.6 is 0 Å². The standard InChI is InChI=1S/C16H18F4N8O/c1-8-9(25-29-24-8)5-28-12-10(23-26-28)11(21-13(22-12)14(2,3)4)27-6-15(17,18)16(19,20)7-27/h5-7H2,1-4H3. The van der Waals surface area contributed by atoms with Gasteiger partial charge in [-0.15, -0.1) is 5.10 Å². The lowest BCUT2D eigenvalue weighted by molar-refractivity contribution is -0.172. The van der Waals surface area contributed by atoms with E-state index < -0.39 is 30.3 Å². The zero-order valence-electron chi connectivity index (χ0n) is 16.1. The van der Waals surface area contributed by atoms with Gasteiger partial charge < -0.3 is 4.90 Å². The molecule has 3 aromatic rings. The third-order valence-electron chi connectivity index (χ3n) is 4.67. The first-order valence-corrected chi connectivity index (χ1v) is 8.79. The zero-order valence-corrected chi connectivity index (χ0v) is 16.1. The Bertz CT molecular complexity index is 1050. The second kappa shape index (κ2) is 6.07. The molecule has 0 spiro atoms. The van der Waals surface area contributed by atoms with E-state index in [4.69, 9.17) is 0 Å². The fourth-order valence-corrected chi connectivity index (χ4v) is 2.96. The molecule has 1 saturated heterocycles. The molecular formula is C16H18F4N8O. The summed E-state index contributed by atoms with van der Waals surface area (Å²) < 4.78 is 61.2. The van der Waals surface area contributed by atoms with Crippen LogP contribution in [0.1, 0.15) is 38.0 Å².